The van der Waals surface area contributed by atoms with Gasteiger partial charge in [-0.05, 0) is 24.3 Å². The van der Waals surface area contributed by atoms with E-state index in [0.29, 0.717) is 33.5 Å². The van der Waals surface area contributed by atoms with E-state index < -0.39 is 5.97 Å². The number of carbonyl (C=O) groups excluding carboxylic acids is 2. The van der Waals surface area contributed by atoms with Gasteiger partial charge in [-0.2, -0.15) is 0 Å². The van der Waals surface area contributed by atoms with E-state index in [9.17, 15) is 9.59 Å². The summed E-state index contributed by atoms with van der Waals surface area (Å²) in [7, 11) is 5.76. The number of esters is 1. The Kier molecular flexibility index (Phi) is 6.90. The fourth-order valence-electron chi connectivity index (χ4n) is 2.54. The number of methoxy groups -OCH3 is 4. The third-order valence-corrected chi connectivity index (χ3v) is 4.13. The Bertz CT molecular complexity index is 852. The largest absolute Gasteiger partial charge is 0.493 e. The number of rotatable bonds is 7. The highest BCUT2D eigenvalue weighted by Gasteiger charge is 2.18. The van der Waals surface area contributed by atoms with Crippen LogP contribution in [-0.4, -0.2) is 40.3 Å². The van der Waals surface area contributed by atoms with Crippen LogP contribution >= 0.6 is 11.6 Å². The quantitative estimate of drug-likeness (QED) is 0.726. The topological polar surface area (TPSA) is 83.1 Å². The minimum absolute atomic E-state index is 0.00229. The van der Waals surface area contributed by atoms with Gasteiger partial charge in [0.25, 0.3) is 0 Å². The maximum atomic E-state index is 12.5. The molecule has 2 aromatic rings. The molecule has 27 heavy (non-hydrogen) atoms. The van der Waals surface area contributed by atoms with Gasteiger partial charge >= 0.3 is 5.97 Å². The van der Waals surface area contributed by atoms with Crippen LogP contribution in [0.1, 0.15) is 15.9 Å². The second kappa shape index (κ2) is 9.14. The first-order valence-corrected chi connectivity index (χ1v) is 8.28. The van der Waals surface area contributed by atoms with Crippen LogP contribution in [-0.2, 0) is 16.0 Å². The molecule has 0 saturated heterocycles. The van der Waals surface area contributed by atoms with Crippen LogP contribution < -0.4 is 19.5 Å². The number of anilines is 1. The molecule has 2 rings (SSSR count). The summed E-state index contributed by atoms with van der Waals surface area (Å²) in [5, 5.41) is 2.99. The van der Waals surface area contributed by atoms with Crippen molar-refractivity contribution in [1.82, 2.24) is 0 Å². The number of carbonyl (C=O) groups is 2. The van der Waals surface area contributed by atoms with Gasteiger partial charge in [-0.15, -0.1) is 0 Å². The number of benzene rings is 2. The number of hydrogen-bond donors (Lipinski definition) is 1. The van der Waals surface area contributed by atoms with Crippen molar-refractivity contribution in [3.63, 3.8) is 0 Å². The third kappa shape index (κ3) is 4.62. The fourth-order valence-corrected chi connectivity index (χ4v) is 2.70. The highest BCUT2D eigenvalue weighted by molar-refractivity contribution is 6.33. The highest BCUT2D eigenvalue weighted by Crippen LogP contribution is 2.40. The normalized spacial score (nSPS) is 10.1. The lowest BCUT2D eigenvalue weighted by molar-refractivity contribution is -0.115. The van der Waals surface area contributed by atoms with Crippen molar-refractivity contribution < 1.29 is 28.5 Å². The summed E-state index contributed by atoms with van der Waals surface area (Å²) in [5.41, 5.74) is 1.19. The molecule has 7 nitrogen and oxygen atoms in total. The van der Waals surface area contributed by atoms with Crippen molar-refractivity contribution in [3.8, 4) is 17.2 Å². The van der Waals surface area contributed by atoms with E-state index in [4.69, 9.17) is 25.8 Å². The van der Waals surface area contributed by atoms with E-state index in [1.54, 1.807) is 12.1 Å². The molecule has 0 spiro atoms. The van der Waals surface area contributed by atoms with E-state index in [1.165, 1.54) is 46.6 Å². The van der Waals surface area contributed by atoms with Crippen molar-refractivity contribution in [2.24, 2.45) is 0 Å². The lowest BCUT2D eigenvalue weighted by Crippen LogP contribution is -2.16. The number of hydrogen-bond acceptors (Lipinski definition) is 6. The third-order valence-electron chi connectivity index (χ3n) is 3.80. The molecule has 0 aliphatic rings. The van der Waals surface area contributed by atoms with Crippen molar-refractivity contribution in [1.29, 1.82) is 0 Å². The molecule has 8 heteroatoms. The second-order valence-corrected chi connectivity index (χ2v) is 5.81. The van der Waals surface area contributed by atoms with Crippen LogP contribution in [0.15, 0.2) is 30.3 Å². The lowest BCUT2D eigenvalue weighted by atomic mass is 10.1. The smallest absolute Gasteiger partial charge is 0.337 e. The molecule has 0 bridgehead atoms. The first kappa shape index (κ1) is 20.4. The van der Waals surface area contributed by atoms with Crippen LogP contribution in [0.4, 0.5) is 5.69 Å². The van der Waals surface area contributed by atoms with Gasteiger partial charge in [0.1, 0.15) is 0 Å². The number of ether oxygens (including phenoxy) is 4. The molecule has 144 valence electrons. The average Bonchev–Trinajstić information content (AvgIpc) is 2.68. The molecule has 0 heterocycles. The van der Waals surface area contributed by atoms with E-state index in [2.05, 4.69) is 10.1 Å². The minimum Gasteiger partial charge on any atom is -0.493 e. The predicted octanol–water partition coefficient (Wildman–Crippen LogP) is 3.33. The van der Waals surface area contributed by atoms with Gasteiger partial charge < -0.3 is 24.3 Å². The summed E-state index contributed by atoms with van der Waals surface area (Å²) in [4.78, 5) is 24.1. The Morgan fingerprint density at radius 1 is 0.963 bits per heavy atom. The first-order valence-electron chi connectivity index (χ1n) is 7.90. The maximum absolute atomic E-state index is 12.5. The Balaban J connectivity index is 2.25. The monoisotopic (exact) mass is 393 g/mol. The SMILES string of the molecule is COC(=O)c1ccc(Cl)c(NC(=O)Cc2ccc(OC)c(OC)c2OC)c1. The van der Waals surface area contributed by atoms with Crippen LogP contribution in [0.25, 0.3) is 0 Å². The molecule has 0 atom stereocenters. The van der Waals surface area contributed by atoms with Gasteiger partial charge in [-0.3, -0.25) is 4.79 Å². The van der Waals surface area contributed by atoms with Gasteiger partial charge in [-0.25, -0.2) is 4.79 Å². The average molecular weight is 394 g/mol. The van der Waals surface area contributed by atoms with Gasteiger partial charge in [0.15, 0.2) is 11.5 Å². The van der Waals surface area contributed by atoms with Crippen LogP contribution in [0.2, 0.25) is 5.02 Å². The van der Waals surface area contributed by atoms with Crippen LogP contribution in [0.5, 0.6) is 17.2 Å². The zero-order valence-electron chi connectivity index (χ0n) is 15.4. The second-order valence-electron chi connectivity index (χ2n) is 5.40. The molecule has 0 radical (unpaired) electrons. The van der Waals surface area contributed by atoms with Crippen LogP contribution in [0.3, 0.4) is 0 Å². The van der Waals surface area contributed by atoms with Crippen molar-refractivity contribution >= 4 is 29.2 Å². The Labute approximate surface area is 162 Å². The predicted molar refractivity (Wildman–Crippen MR) is 101 cm³/mol. The van der Waals surface area contributed by atoms with Crippen LogP contribution in [0, 0.1) is 0 Å². The number of nitrogens with one attached hydrogen (secondary N) is 1. The molecule has 0 aliphatic carbocycles. The molecule has 0 fully saturated rings. The molecule has 1 amide bonds. The molecule has 2 aromatic carbocycles. The molecular formula is C19H20ClNO6. The lowest BCUT2D eigenvalue weighted by Gasteiger charge is -2.16. The molecule has 0 aliphatic heterocycles. The zero-order chi connectivity index (χ0) is 20.0. The summed E-state index contributed by atoms with van der Waals surface area (Å²) in [5.74, 6) is 0.429. The summed E-state index contributed by atoms with van der Waals surface area (Å²) in [6.07, 6.45) is 0.00229. The number of amides is 1. The molecular weight excluding hydrogens is 374 g/mol. The van der Waals surface area contributed by atoms with E-state index in [0.717, 1.165) is 0 Å². The zero-order valence-corrected chi connectivity index (χ0v) is 16.2. The Morgan fingerprint density at radius 2 is 1.67 bits per heavy atom. The summed E-state index contributed by atoms with van der Waals surface area (Å²) in [6.45, 7) is 0. The molecule has 0 aromatic heterocycles. The van der Waals surface area contributed by atoms with Crippen molar-refractivity contribution in [3.05, 3.63) is 46.5 Å². The van der Waals surface area contributed by atoms with E-state index in [-0.39, 0.29) is 17.9 Å². The molecule has 1 N–H and O–H groups in total. The first-order chi connectivity index (χ1) is 12.9. The van der Waals surface area contributed by atoms with Gasteiger partial charge in [-0.1, -0.05) is 17.7 Å². The van der Waals surface area contributed by atoms with Crippen molar-refractivity contribution in [2.75, 3.05) is 33.8 Å². The highest BCUT2D eigenvalue weighted by atomic mass is 35.5. The molecule has 0 unspecified atom stereocenters. The van der Waals surface area contributed by atoms with Gasteiger partial charge in [0.05, 0.1) is 51.1 Å². The standard InChI is InChI=1S/C19H20ClNO6/c1-24-15-8-6-11(17(25-2)18(15)26-3)10-16(22)21-14-9-12(19(23)27-4)5-7-13(14)20/h5-9H,10H2,1-4H3,(H,21,22). The van der Waals surface area contributed by atoms with Crippen molar-refractivity contribution in [2.45, 2.75) is 6.42 Å². The number of halogens is 1. The Morgan fingerprint density at radius 3 is 2.26 bits per heavy atom. The van der Waals surface area contributed by atoms with E-state index >= 15 is 0 Å². The maximum Gasteiger partial charge on any atom is 0.337 e. The van der Waals surface area contributed by atoms with Gasteiger partial charge in [0.2, 0.25) is 11.7 Å². The van der Waals surface area contributed by atoms with Gasteiger partial charge in [0, 0.05) is 5.56 Å². The van der Waals surface area contributed by atoms with E-state index in [1.807, 2.05) is 0 Å². The summed E-state index contributed by atoms with van der Waals surface area (Å²) in [6, 6.07) is 7.89. The summed E-state index contributed by atoms with van der Waals surface area (Å²) >= 11 is 6.11. The minimum atomic E-state index is -0.524. The summed E-state index contributed by atoms with van der Waals surface area (Å²) < 4.78 is 20.6. The fraction of sp³-hybridized carbons (Fsp3) is 0.263. The Hall–Kier alpha value is -2.93. The molecule has 0 saturated carbocycles.